The Morgan fingerprint density at radius 3 is 1.60 bits per heavy atom. The van der Waals surface area contributed by atoms with Crippen LogP contribution in [0.1, 0.15) is 279 Å². The van der Waals surface area contributed by atoms with Gasteiger partial charge in [-0.1, -0.05) is 172 Å². The van der Waals surface area contributed by atoms with E-state index in [-0.39, 0.29) is 51.0 Å². The highest BCUT2D eigenvalue weighted by Gasteiger charge is 2.28. The number of hydrogen-bond acceptors (Lipinski definition) is 10. The lowest BCUT2D eigenvalue weighted by atomic mass is 9.89. The minimum atomic E-state index is -0.419. The van der Waals surface area contributed by atoms with Crippen LogP contribution in [0.5, 0.6) is 40.2 Å². The Morgan fingerprint density at radius 2 is 0.949 bits per heavy atom. The average Bonchev–Trinajstić information content (AvgIpc) is 1.70. The van der Waals surface area contributed by atoms with Gasteiger partial charge in [0.15, 0.2) is 34.6 Å². The normalized spacial score (nSPS) is 14.8. The number of aryl methyl sites for hydroxylation is 2. The first-order valence-electron chi connectivity index (χ1n) is 35.3. The second kappa shape index (κ2) is 37.0. The topological polar surface area (TPSA) is 112 Å². The fourth-order valence-electron chi connectivity index (χ4n) is 12.8. The molecule has 0 fully saturated rings. The number of hydrogen-bond donors (Lipinski definition) is 0. The van der Waals surface area contributed by atoms with Gasteiger partial charge in [0, 0.05) is 42.8 Å². The van der Waals surface area contributed by atoms with E-state index in [2.05, 4.69) is 169 Å². The van der Waals surface area contributed by atoms with Crippen molar-refractivity contribution in [1.82, 2.24) is 4.98 Å². The monoisotopic (exact) mass is 1370 g/mol. The van der Waals surface area contributed by atoms with E-state index >= 15 is 0 Å². The first kappa shape index (κ1) is 80.1. The molecular formula is C87H113ClFNO9. The van der Waals surface area contributed by atoms with Gasteiger partial charge in [0.25, 0.3) is 0 Å². The maximum Gasteiger partial charge on any atom is 0.238 e. The number of aromatic nitrogens is 1. The molecule has 0 amide bonds. The number of halogens is 2. The van der Waals surface area contributed by atoms with Crippen LogP contribution in [0.2, 0.25) is 5.02 Å². The lowest BCUT2D eigenvalue weighted by Gasteiger charge is -2.24. The molecule has 1 aromatic heterocycles. The molecule has 0 aliphatic carbocycles. The summed E-state index contributed by atoms with van der Waals surface area (Å²) < 4.78 is 52.3. The van der Waals surface area contributed by atoms with Gasteiger partial charge in [-0.2, -0.15) is 0 Å². The number of ether oxygens (including phenoxy) is 7. The number of fused-ring (bicyclic) bond motifs is 5. The standard InChI is InChI=1S/C14H15NO.C14H20O.C13H15FO2.C12H14O2.C12H16O.C11H14O2.C9H11Cl.2CH4/c1-9(2)11-3-4-12-13-10(6-8-16-12)5-7-15-14(11)13;1-9(2)13-8-10(3)14-12(11(13)4)6-5-7-15-14;1-7(2)9-6-10(14)13-12(8(9)3)11(15)4-5-16-13;1-8(2)9-3-4-12-10(7-9)11(13)5-6-14-12;1-9(2)10-5-6-12-11(8-10)4-3-7-13-12;1-7(2)9-4-5-10-11(6-9)13-8(3)12-10;1-7(2)8-3-5-9(10)6-4-8;;/h3-5,7,9H,6,8H2,1-2H3;8-9H,5-7H2,1-4H3;6-7H,4-5H2,1-3H3;3-4,7-8H,5-6H2,1-2H3;5-6,8-9H,3-4,7H2,1-2H3;4-8H,1-3H3;3-7H,1-2H3;2*1H4. The molecule has 1 unspecified atom stereocenters. The molecule has 8 aromatic rings. The summed E-state index contributed by atoms with van der Waals surface area (Å²) >= 11 is 5.72. The van der Waals surface area contributed by atoms with Crippen molar-refractivity contribution in [2.24, 2.45) is 0 Å². The number of pyridine rings is 1. The van der Waals surface area contributed by atoms with E-state index in [0.29, 0.717) is 60.5 Å². The second-order valence-corrected chi connectivity index (χ2v) is 28.6. The third-order valence-electron chi connectivity index (χ3n) is 18.5. The quantitative estimate of drug-likeness (QED) is 0.153. The largest absolute Gasteiger partial charge is 0.493 e. The molecule has 10 nitrogen and oxygen atoms in total. The van der Waals surface area contributed by atoms with Crippen LogP contribution in [0, 0.1) is 26.6 Å². The predicted molar refractivity (Wildman–Crippen MR) is 408 cm³/mol. The van der Waals surface area contributed by atoms with Crippen molar-refractivity contribution < 1.29 is 47.1 Å². The van der Waals surface area contributed by atoms with Gasteiger partial charge in [-0.05, 0) is 221 Å². The van der Waals surface area contributed by atoms with Crippen LogP contribution in [0.3, 0.4) is 0 Å². The van der Waals surface area contributed by atoms with Crippen molar-refractivity contribution in [1.29, 1.82) is 0 Å². The molecule has 12 heteroatoms. The van der Waals surface area contributed by atoms with Crippen LogP contribution in [0.25, 0.3) is 10.9 Å². The van der Waals surface area contributed by atoms with E-state index < -0.39 is 5.82 Å². The van der Waals surface area contributed by atoms with Crippen molar-refractivity contribution in [2.75, 3.05) is 33.0 Å². The molecular weight excluding hydrogens is 1260 g/mol. The van der Waals surface area contributed by atoms with Crippen molar-refractivity contribution in [3.05, 3.63) is 210 Å². The van der Waals surface area contributed by atoms with E-state index in [9.17, 15) is 14.0 Å². The highest BCUT2D eigenvalue weighted by molar-refractivity contribution is 6.30. The second-order valence-electron chi connectivity index (χ2n) is 28.2. The van der Waals surface area contributed by atoms with Gasteiger partial charge in [0.05, 0.1) is 49.7 Å². The Morgan fingerprint density at radius 1 is 0.444 bits per heavy atom. The molecule has 0 N–H and O–H groups in total. The molecule has 7 aromatic carbocycles. The summed E-state index contributed by atoms with van der Waals surface area (Å²) in [5.74, 6) is 9.13. The van der Waals surface area contributed by atoms with Crippen LogP contribution in [0.4, 0.5) is 4.39 Å². The third kappa shape index (κ3) is 20.6. The Kier molecular flexibility index (Phi) is 29.9. The lowest BCUT2D eigenvalue weighted by Crippen LogP contribution is -2.19. The Bertz CT molecular complexity index is 3990. The number of carbonyl (C=O) groups excluding carboxylic acids is 2. The Hall–Kier alpha value is -7.89. The molecule has 14 rings (SSSR count). The van der Waals surface area contributed by atoms with Crippen LogP contribution >= 0.6 is 11.6 Å². The van der Waals surface area contributed by atoms with Crippen LogP contribution in [-0.4, -0.2) is 55.9 Å². The van der Waals surface area contributed by atoms with Crippen molar-refractivity contribution in [3.8, 4) is 40.2 Å². The molecule has 0 bridgehead atoms. The number of benzene rings is 7. The van der Waals surface area contributed by atoms with Crippen molar-refractivity contribution in [2.45, 2.75) is 232 Å². The molecule has 6 aliphatic heterocycles. The smallest absolute Gasteiger partial charge is 0.238 e. The summed E-state index contributed by atoms with van der Waals surface area (Å²) in [6.45, 7) is 41.8. The molecule has 7 heterocycles. The summed E-state index contributed by atoms with van der Waals surface area (Å²) in [6, 6.07) is 36.7. The third-order valence-corrected chi connectivity index (χ3v) is 18.7. The SMILES string of the molecule is C.C.CC(C)c1ccc(Cl)cc1.CC(C)c1ccc2c(c1)C(=O)CCO2.CC(C)c1ccc2c(c1)CCCO2.CC(C)c1ccc2c3c(ccnc13)CCO2.CC1Oc2ccc(C(C)C)cc2O1.Cc1c(C(C)C)cc(F)c2c1C(=O)CCO2.Cc1cc(C(C)C)c(C)c2c1OCCC2. The van der Waals surface area contributed by atoms with Gasteiger partial charge in [-0.15, -0.1) is 0 Å². The summed E-state index contributed by atoms with van der Waals surface area (Å²) in [5, 5.41) is 2.03. The van der Waals surface area contributed by atoms with Gasteiger partial charge >= 0.3 is 0 Å². The Labute approximate surface area is 598 Å². The number of Topliss-reactive ketones (excluding diaryl/α,β-unsaturated/α-hetero) is 2. The minimum Gasteiger partial charge on any atom is -0.493 e. The number of nitrogens with zero attached hydrogens (tertiary/aromatic N) is 1. The molecule has 534 valence electrons. The van der Waals surface area contributed by atoms with Gasteiger partial charge < -0.3 is 33.2 Å². The lowest BCUT2D eigenvalue weighted by molar-refractivity contribution is 0.0678. The summed E-state index contributed by atoms with van der Waals surface area (Å²) in [7, 11) is 0. The van der Waals surface area contributed by atoms with E-state index in [4.69, 9.17) is 44.8 Å². The molecule has 99 heavy (non-hydrogen) atoms. The maximum atomic E-state index is 13.8. The van der Waals surface area contributed by atoms with Gasteiger partial charge in [0.2, 0.25) is 6.29 Å². The van der Waals surface area contributed by atoms with E-state index in [1.54, 1.807) is 0 Å². The number of rotatable bonds is 7. The van der Waals surface area contributed by atoms with Crippen LogP contribution in [0.15, 0.2) is 115 Å². The van der Waals surface area contributed by atoms with E-state index in [0.717, 1.165) is 101 Å². The van der Waals surface area contributed by atoms with Crippen molar-refractivity contribution in [3.63, 3.8) is 0 Å². The first-order valence-corrected chi connectivity index (χ1v) is 35.7. The molecule has 0 spiro atoms. The molecule has 1 atom stereocenters. The minimum absolute atomic E-state index is 0. The summed E-state index contributed by atoms with van der Waals surface area (Å²) in [4.78, 5) is 27.9. The fraction of sp³-hybridized carbons (Fsp3) is 0.460. The molecule has 0 saturated heterocycles. The van der Waals surface area contributed by atoms with Crippen LogP contribution < -0.4 is 33.2 Å². The summed E-state index contributed by atoms with van der Waals surface area (Å²) in [6.07, 6.45) is 8.30. The predicted octanol–water partition coefficient (Wildman–Crippen LogP) is 23.8. The number of carbonyl (C=O) groups is 2. The van der Waals surface area contributed by atoms with E-state index in [1.165, 1.54) is 85.5 Å². The molecule has 0 saturated carbocycles. The highest BCUT2D eigenvalue weighted by atomic mass is 35.5. The van der Waals surface area contributed by atoms with E-state index in [1.807, 2.05) is 70.3 Å². The van der Waals surface area contributed by atoms with Crippen molar-refractivity contribution >= 4 is 34.1 Å². The summed E-state index contributed by atoms with van der Waals surface area (Å²) in [5.41, 5.74) is 19.0. The fourth-order valence-corrected chi connectivity index (χ4v) is 12.9. The van der Waals surface area contributed by atoms with Gasteiger partial charge in [-0.3, -0.25) is 14.6 Å². The zero-order valence-electron chi connectivity index (χ0n) is 61.0. The van der Waals surface area contributed by atoms with Crippen LogP contribution in [-0.2, 0) is 19.3 Å². The number of ketones is 2. The molecule has 6 aliphatic rings. The Balaban J connectivity index is 0.000000182. The zero-order chi connectivity index (χ0) is 70.4. The average molecular weight is 1370 g/mol. The maximum absolute atomic E-state index is 13.8. The zero-order valence-corrected chi connectivity index (χ0v) is 61.7. The van der Waals surface area contributed by atoms with Gasteiger partial charge in [0.1, 0.15) is 23.0 Å². The highest BCUT2D eigenvalue weighted by Crippen LogP contribution is 2.40. The molecule has 0 radical (unpaired) electrons. The first-order chi connectivity index (χ1) is 46.2. The van der Waals surface area contributed by atoms with Gasteiger partial charge in [-0.25, -0.2) is 4.39 Å².